The molecule has 0 bridgehead atoms. The largest absolute Gasteiger partial charge is 0.493 e. The Hall–Kier alpha value is -2.36. The minimum absolute atomic E-state index is 0.0831. The predicted octanol–water partition coefficient (Wildman–Crippen LogP) is 3.63. The van der Waals surface area contributed by atoms with Crippen LogP contribution in [-0.2, 0) is 11.2 Å². The number of aliphatic carboxylic acids is 1. The first-order valence-corrected chi connectivity index (χ1v) is 7.49. The van der Waals surface area contributed by atoms with E-state index in [0.29, 0.717) is 14.9 Å². The number of hydrogen-bond donors (Lipinski definition) is 1. The molecule has 0 saturated carbocycles. The van der Waals surface area contributed by atoms with E-state index in [-0.39, 0.29) is 23.6 Å². The van der Waals surface area contributed by atoms with Gasteiger partial charge in [0, 0.05) is 9.64 Å². The van der Waals surface area contributed by atoms with E-state index in [0.717, 1.165) is 0 Å². The van der Waals surface area contributed by atoms with Crippen LogP contribution in [0.3, 0.4) is 0 Å². The monoisotopic (exact) mass is 429 g/mol. The molecule has 2 aromatic carbocycles. The average Bonchev–Trinajstić information content (AvgIpc) is 2.49. The summed E-state index contributed by atoms with van der Waals surface area (Å²) in [6.45, 7) is 0. The second-order valence-electron chi connectivity index (χ2n) is 4.53. The third kappa shape index (κ3) is 4.31. The SMILES string of the molecule is COc1cc(CC(=O)O)ccc1Oc1ccc(I)cc1[N+](=O)[O-]. The van der Waals surface area contributed by atoms with Crippen LogP contribution in [0.1, 0.15) is 5.56 Å². The zero-order chi connectivity index (χ0) is 17.0. The Morgan fingerprint density at radius 1 is 1.22 bits per heavy atom. The maximum atomic E-state index is 11.1. The fourth-order valence-corrected chi connectivity index (χ4v) is 2.39. The summed E-state index contributed by atoms with van der Waals surface area (Å²) in [5, 5.41) is 19.9. The fourth-order valence-electron chi connectivity index (χ4n) is 1.92. The lowest BCUT2D eigenvalue weighted by Crippen LogP contribution is -2.01. The van der Waals surface area contributed by atoms with Gasteiger partial charge in [0.2, 0.25) is 5.75 Å². The molecule has 8 heteroatoms. The molecular weight excluding hydrogens is 417 g/mol. The molecule has 0 atom stereocenters. The molecule has 2 rings (SSSR count). The number of nitro benzene ring substituents is 1. The van der Waals surface area contributed by atoms with Crippen LogP contribution in [0, 0.1) is 13.7 Å². The van der Waals surface area contributed by atoms with E-state index in [1.807, 2.05) is 22.6 Å². The normalized spacial score (nSPS) is 10.2. The van der Waals surface area contributed by atoms with Gasteiger partial charge in [0.1, 0.15) is 0 Å². The van der Waals surface area contributed by atoms with Crippen LogP contribution >= 0.6 is 22.6 Å². The van der Waals surface area contributed by atoms with Crippen LogP contribution in [-0.4, -0.2) is 23.1 Å². The Balaban J connectivity index is 2.37. The molecule has 0 unspecified atom stereocenters. The van der Waals surface area contributed by atoms with Crippen molar-refractivity contribution in [3.63, 3.8) is 0 Å². The Labute approximate surface area is 145 Å². The summed E-state index contributed by atoms with van der Waals surface area (Å²) in [5.41, 5.74) is 0.382. The number of hydrogen-bond acceptors (Lipinski definition) is 5. The summed E-state index contributed by atoms with van der Waals surface area (Å²) in [7, 11) is 1.41. The lowest BCUT2D eigenvalue weighted by atomic mass is 10.1. The number of benzene rings is 2. The minimum atomic E-state index is -0.964. The van der Waals surface area contributed by atoms with Crippen LogP contribution in [0.4, 0.5) is 5.69 Å². The van der Waals surface area contributed by atoms with Gasteiger partial charge in [-0.15, -0.1) is 0 Å². The smallest absolute Gasteiger partial charge is 0.312 e. The Bertz CT molecular complexity index is 762. The van der Waals surface area contributed by atoms with Crippen molar-refractivity contribution in [1.29, 1.82) is 0 Å². The molecule has 0 aliphatic rings. The number of halogens is 1. The maximum absolute atomic E-state index is 11.1. The molecule has 0 aliphatic heterocycles. The van der Waals surface area contributed by atoms with Crippen molar-refractivity contribution in [1.82, 2.24) is 0 Å². The van der Waals surface area contributed by atoms with Gasteiger partial charge in [0.25, 0.3) is 0 Å². The van der Waals surface area contributed by atoms with Gasteiger partial charge in [-0.25, -0.2) is 0 Å². The third-order valence-electron chi connectivity index (χ3n) is 2.92. The average molecular weight is 429 g/mol. The molecule has 1 N–H and O–H groups in total. The predicted molar refractivity (Wildman–Crippen MR) is 90.2 cm³/mol. The molecule has 0 spiro atoms. The van der Waals surface area contributed by atoms with Gasteiger partial charge >= 0.3 is 11.7 Å². The maximum Gasteiger partial charge on any atom is 0.312 e. The van der Waals surface area contributed by atoms with Crippen LogP contribution in [0.25, 0.3) is 0 Å². The van der Waals surface area contributed by atoms with E-state index < -0.39 is 10.9 Å². The van der Waals surface area contributed by atoms with E-state index >= 15 is 0 Å². The Morgan fingerprint density at radius 3 is 2.52 bits per heavy atom. The van der Waals surface area contributed by atoms with Crippen LogP contribution in [0.2, 0.25) is 0 Å². The highest BCUT2D eigenvalue weighted by atomic mass is 127. The van der Waals surface area contributed by atoms with Gasteiger partial charge in [0.15, 0.2) is 11.5 Å². The van der Waals surface area contributed by atoms with Crippen LogP contribution in [0.15, 0.2) is 36.4 Å². The highest BCUT2D eigenvalue weighted by Crippen LogP contribution is 2.37. The number of methoxy groups -OCH3 is 1. The molecule has 2 aromatic rings. The molecule has 0 radical (unpaired) electrons. The molecule has 120 valence electrons. The van der Waals surface area contributed by atoms with Crippen LogP contribution < -0.4 is 9.47 Å². The van der Waals surface area contributed by atoms with E-state index in [1.165, 1.54) is 31.4 Å². The highest BCUT2D eigenvalue weighted by Gasteiger charge is 2.18. The molecular formula is C15H12INO6. The standard InChI is InChI=1S/C15H12INO6/c1-22-14-6-9(7-15(18)19)2-4-13(14)23-12-5-3-10(16)8-11(12)17(20)21/h2-6,8H,7H2,1H3,(H,18,19). The summed E-state index contributed by atoms with van der Waals surface area (Å²) in [6, 6.07) is 9.23. The summed E-state index contributed by atoms with van der Waals surface area (Å²) in [4.78, 5) is 21.3. The first-order valence-electron chi connectivity index (χ1n) is 6.41. The molecule has 23 heavy (non-hydrogen) atoms. The first-order chi connectivity index (χ1) is 10.9. The summed E-state index contributed by atoms with van der Waals surface area (Å²) >= 11 is 1.98. The Kier molecular flexibility index (Phi) is 5.37. The van der Waals surface area contributed by atoms with Gasteiger partial charge in [-0.2, -0.15) is 0 Å². The lowest BCUT2D eigenvalue weighted by Gasteiger charge is -2.11. The summed E-state index contributed by atoms with van der Waals surface area (Å²) in [6.07, 6.45) is -0.152. The lowest BCUT2D eigenvalue weighted by molar-refractivity contribution is -0.385. The number of rotatable bonds is 6. The molecule has 0 aromatic heterocycles. The number of carboxylic acid groups (broad SMARTS) is 1. The van der Waals surface area contributed by atoms with Crippen molar-refractivity contribution in [3.05, 3.63) is 55.6 Å². The fraction of sp³-hybridized carbons (Fsp3) is 0.133. The number of nitro groups is 1. The molecule has 7 nitrogen and oxygen atoms in total. The second-order valence-corrected chi connectivity index (χ2v) is 5.77. The van der Waals surface area contributed by atoms with E-state index in [9.17, 15) is 14.9 Å². The van der Waals surface area contributed by atoms with E-state index in [1.54, 1.807) is 12.1 Å². The number of carbonyl (C=O) groups is 1. The van der Waals surface area contributed by atoms with Gasteiger partial charge in [-0.05, 0) is 52.4 Å². The zero-order valence-electron chi connectivity index (χ0n) is 12.0. The molecule has 0 amide bonds. The van der Waals surface area contributed by atoms with Crippen molar-refractivity contribution >= 4 is 34.2 Å². The van der Waals surface area contributed by atoms with Crippen molar-refractivity contribution in [3.8, 4) is 17.2 Å². The van der Waals surface area contributed by atoms with Gasteiger partial charge in [-0.3, -0.25) is 14.9 Å². The molecule has 0 heterocycles. The third-order valence-corrected chi connectivity index (χ3v) is 3.59. The number of ether oxygens (including phenoxy) is 2. The second kappa shape index (κ2) is 7.27. The van der Waals surface area contributed by atoms with Crippen molar-refractivity contribution < 1.29 is 24.3 Å². The van der Waals surface area contributed by atoms with Gasteiger partial charge in [0.05, 0.1) is 18.5 Å². The topological polar surface area (TPSA) is 98.9 Å². The molecule has 0 aliphatic carbocycles. The first kappa shape index (κ1) is 17.0. The van der Waals surface area contributed by atoms with Gasteiger partial charge in [-0.1, -0.05) is 6.07 Å². The quantitative estimate of drug-likeness (QED) is 0.428. The van der Waals surface area contributed by atoms with Crippen molar-refractivity contribution in [2.45, 2.75) is 6.42 Å². The molecule has 0 fully saturated rings. The highest BCUT2D eigenvalue weighted by molar-refractivity contribution is 14.1. The zero-order valence-corrected chi connectivity index (χ0v) is 14.1. The van der Waals surface area contributed by atoms with Crippen LogP contribution in [0.5, 0.6) is 17.2 Å². The van der Waals surface area contributed by atoms with E-state index in [2.05, 4.69) is 0 Å². The van der Waals surface area contributed by atoms with Gasteiger partial charge < -0.3 is 14.6 Å². The molecule has 0 saturated heterocycles. The Morgan fingerprint density at radius 2 is 1.91 bits per heavy atom. The number of carboxylic acids is 1. The summed E-state index contributed by atoms with van der Waals surface area (Å²) in [5.74, 6) is -0.309. The van der Waals surface area contributed by atoms with Crippen molar-refractivity contribution in [2.24, 2.45) is 0 Å². The number of nitrogens with zero attached hydrogens (tertiary/aromatic N) is 1. The summed E-state index contributed by atoms with van der Waals surface area (Å²) < 4.78 is 11.5. The van der Waals surface area contributed by atoms with Crippen molar-refractivity contribution in [2.75, 3.05) is 7.11 Å². The minimum Gasteiger partial charge on any atom is -0.493 e. The van der Waals surface area contributed by atoms with E-state index in [4.69, 9.17) is 14.6 Å².